The highest BCUT2D eigenvalue weighted by Gasteiger charge is 2.46. The fraction of sp³-hybridized carbons (Fsp3) is 0.529. The molecule has 2 atom stereocenters. The van der Waals surface area contributed by atoms with E-state index in [2.05, 4.69) is 15.6 Å². The number of rotatable bonds is 5. The lowest BCUT2D eigenvalue weighted by atomic mass is 9.88. The molecule has 146 valence electrons. The molecule has 2 fully saturated rings. The molecule has 1 aromatic rings. The number of amides is 3. The molecule has 1 saturated carbocycles. The Bertz CT molecular complexity index is 766. The second-order valence-corrected chi connectivity index (χ2v) is 6.87. The minimum Gasteiger partial charge on any atom is -0.351 e. The lowest BCUT2D eigenvalue weighted by molar-refractivity contribution is -0.132. The highest BCUT2D eigenvalue weighted by molar-refractivity contribution is 6.05. The summed E-state index contributed by atoms with van der Waals surface area (Å²) in [7, 11) is 0. The van der Waals surface area contributed by atoms with Gasteiger partial charge in [0.05, 0.1) is 18.1 Å². The van der Waals surface area contributed by atoms with Gasteiger partial charge in [0.1, 0.15) is 17.9 Å². The second kappa shape index (κ2) is 7.16. The second-order valence-electron chi connectivity index (χ2n) is 6.87. The van der Waals surface area contributed by atoms with Crippen LogP contribution in [-0.4, -0.2) is 46.8 Å². The quantitative estimate of drug-likeness (QED) is 0.796. The van der Waals surface area contributed by atoms with Gasteiger partial charge in [-0.25, -0.2) is 13.2 Å². The van der Waals surface area contributed by atoms with Gasteiger partial charge < -0.3 is 10.6 Å². The zero-order valence-electron chi connectivity index (χ0n) is 14.5. The highest BCUT2D eigenvalue weighted by Crippen LogP contribution is 2.37. The predicted molar refractivity (Wildman–Crippen MR) is 88.4 cm³/mol. The maximum Gasteiger partial charge on any atom is 0.252 e. The number of pyridine rings is 1. The molecular weight excluding hydrogens is 365 g/mol. The third kappa shape index (κ3) is 4.20. The van der Waals surface area contributed by atoms with E-state index >= 15 is 0 Å². The number of carbonyl (C=O) groups excluding carboxylic acids is 3. The summed E-state index contributed by atoms with van der Waals surface area (Å²) in [6, 6.07) is -1.58. The number of carbonyl (C=O) groups is 3. The van der Waals surface area contributed by atoms with Gasteiger partial charge in [-0.1, -0.05) is 0 Å². The van der Waals surface area contributed by atoms with Crippen molar-refractivity contribution in [2.24, 2.45) is 0 Å². The summed E-state index contributed by atoms with van der Waals surface area (Å²) in [5, 5.41) is 4.99. The lowest BCUT2D eigenvalue weighted by Gasteiger charge is -2.37. The summed E-state index contributed by atoms with van der Waals surface area (Å²) in [5.41, 5.74) is 0.0442. The van der Waals surface area contributed by atoms with Crippen LogP contribution in [0.25, 0.3) is 0 Å². The van der Waals surface area contributed by atoms with Gasteiger partial charge >= 0.3 is 0 Å². The van der Waals surface area contributed by atoms with Gasteiger partial charge in [-0.3, -0.25) is 24.3 Å². The first-order chi connectivity index (χ1) is 12.7. The minimum atomic E-state index is -2.79. The molecule has 0 bridgehead atoms. The molecule has 27 heavy (non-hydrogen) atoms. The van der Waals surface area contributed by atoms with E-state index in [0.717, 1.165) is 17.2 Å². The summed E-state index contributed by atoms with van der Waals surface area (Å²) in [4.78, 5) is 41.5. The van der Waals surface area contributed by atoms with Crippen molar-refractivity contribution in [1.29, 1.82) is 0 Å². The van der Waals surface area contributed by atoms with Crippen LogP contribution in [0.1, 0.15) is 32.6 Å². The molecule has 1 saturated heterocycles. The number of hydrogen-bond acceptors (Lipinski definition) is 4. The van der Waals surface area contributed by atoms with Gasteiger partial charge in [-0.05, 0) is 13.3 Å². The van der Waals surface area contributed by atoms with Crippen LogP contribution in [0.4, 0.5) is 18.9 Å². The number of alkyl halides is 2. The fourth-order valence-electron chi connectivity index (χ4n) is 3.24. The molecule has 1 aliphatic carbocycles. The third-order valence-corrected chi connectivity index (χ3v) is 4.70. The smallest absolute Gasteiger partial charge is 0.252 e. The Labute approximate surface area is 153 Å². The van der Waals surface area contributed by atoms with Gasteiger partial charge in [-0.15, -0.1) is 0 Å². The van der Waals surface area contributed by atoms with E-state index in [1.165, 1.54) is 13.1 Å². The van der Waals surface area contributed by atoms with Crippen molar-refractivity contribution in [3.63, 3.8) is 0 Å². The Morgan fingerprint density at radius 1 is 1.37 bits per heavy atom. The van der Waals surface area contributed by atoms with Crippen LogP contribution in [0.5, 0.6) is 0 Å². The monoisotopic (exact) mass is 384 g/mol. The van der Waals surface area contributed by atoms with Gasteiger partial charge in [0.25, 0.3) is 5.92 Å². The summed E-state index contributed by atoms with van der Waals surface area (Å²) in [6.45, 7) is 1.41. The van der Waals surface area contributed by atoms with Crippen LogP contribution in [0, 0.1) is 5.82 Å². The molecule has 1 unspecified atom stereocenters. The number of nitrogens with zero attached hydrogens (tertiary/aromatic N) is 2. The SMILES string of the molecule is CC(C(=O)NC1CC(F)(F)C1)N(C(=O)[C@@H]1CCC(=O)N1)c1cncc(F)c1. The minimum absolute atomic E-state index is 0.0442. The third-order valence-electron chi connectivity index (χ3n) is 4.70. The van der Waals surface area contributed by atoms with Crippen molar-refractivity contribution in [3.05, 3.63) is 24.3 Å². The van der Waals surface area contributed by atoms with E-state index in [-0.39, 0.29) is 24.4 Å². The summed E-state index contributed by atoms with van der Waals surface area (Å²) < 4.78 is 39.5. The first kappa shape index (κ1) is 19.1. The number of aromatic nitrogens is 1. The van der Waals surface area contributed by atoms with Crippen LogP contribution in [-0.2, 0) is 14.4 Å². The fourth-order valence-corrected chi connectivity index (χ4v) is 3.24. The summed E-state index contributed by atoms with van der Waals surface area (Å²) in [5.74, 6) is -5.02. The molecule has 3 rings (SSSR count). The normalized spacial score (nSPS) is 22.5. The lowest BCUT2D eigenvalue weighted by Crippen LogP contribution is -2.58. The van der Waals surface area contributed by atoms with Crippen molar-refractivity contribution in [2.45, 2.75) is 56.7 Å². The maximum absolute atomic E-state index is 13.6. The van der Waals surface area contributed by atoms with Crippen molar-refractivity contribution in [3.8, 4) is 0 Å². The van der Waals surface area contributed by atoms with E-state index in [0.29, 0.717) is 0 Å². The maximum atomic E-state index is 13.6. The van der Waals surface area contributed by atoms with Crippen LogP contribution in [0.2, 0.25) is 0 Å². The van der Waals surface area contributed by atoms with Crippen molar-refractivity contribution < 1.29 is 27.6 Å². The molecule has 3 amide bonds. The highest BCUT2D eigenvalue weighted by atomic mass is 19.3. The average Bonchev–Trinajstić information content (AvgIpc) is 2.99. The zero-order chi connectivity index (χ0) is 19.8. The van der Waals surface area contributed by atoms with Gasteiger partial charge in [0.2, 0.25) is 17.7 Å². The average molecular weight is 384 g/mol. The molecule has 1 aromatic heterocycles. The standard InChI is InChI=1S/C17H19F3N4O3/c1-9(15(26)22-11-5-17(19,20)6-11)24(12-4-10(18)7-21-8-12)16(27)13-2-3-14(25)23-13/h4,7-9,11,13H,2-3,5-6H2,1H3,(H,22,26)(H,23,25)/t9?,13-/m0/s1. The van der Waals surface area contributed by atoms with E-state index in [1.807, 2.05) is 0 Å². The molecule has 0 aromatic carbocycles. The topological polar surface area (TPSA) is 91.4 Å². The van der Waals surface area contributed by atoms with E-state index in [9.17, 15) is 27.6 Å². The Morgan fingerprint density at radius 3 is 2.63 bits per heavy atom. The van der Waals surface area contributed by atoms with Crippen LogP contribution >= 0.6 is 0 Å². The number of halogens is 3. The predicted octanol–water partition coefficient (Wildman–Crippen LogP) is 1.13. The van der Waals surface area contributed by atoms with E-state index in [1.54, 1.807) is 0 Å². The van der Waals surface area contributed by atoms with Crippen LogP contribution in [0.3, 0.4) is 0 Å². The molecule has 10 heteroatoms. The number of nitrogens with one attached hydrogen (secondary N) is 2. The summed E-state index contributed by atoms with van der Waals surface area (Å²) in [6.07, 6.45) is 1.67. The van der Waals surface area contributed by atoms with Gasteiger partial charge in [-0.2, -0.15) is 0 Å². The summed E-state index contributed by atoms with van der Waals surface area (Å²) >= 11 is 0. The molecule has 2 heterocycles. The van der Waals surface area contributed by atoms with Crippen molar-refractivity contribution >= 4 is 23.4 Å². The van der Waals surface area contributed by atoms with Crippen molar-refractivity contribution in [1.82, 2.24) is 15.6 Å². The Balaban J connectivity index is 1.79. The molecule has 0 radical (unpaired) electrons. The largest absolute Gasteiger partial charge is 0.351 e. The van der Waals surface area contributed by atoms with Crippen LogP contribution < -0.4 is 15.5 Å². The molecule has 1 aliphatic heterocycles. The first-order valence-electron chi connectivity index (χ1n) is 8.57. The molecule has 7 nitrogen and oxygen atoms in total. The number of hydrogen-bond donors (Lipinski definition) is 2. The van der Waals surface area contributed by atoms with Crippen molar-refractivity contribution in [2.75, 3.05) is 4.90 Å². The molecule has 0 spiro atoms. The number of anilines is 1. The Hall–Kier alpha value is -2.65. The Morgan fingerprint density at radius 2 is 2.07 bits per heavy atom. The molecule has 2 N–H and O–H groups in total. The molecule has 2 aliphatic rings. The van der Waals surface area contributed by atoms with E-state index < -0.39 is 54.5 Å². The van der Waals surface area contributed by atoms with Gasteiger partial charge in [0.15, 0.2) is 0 Å². The Kier molecular flexibility index (Phi) is 5.07. The zero-order valence-corrected chi connectivity index (χ0v) is 14.5. The molecular formula is C17H19F3N4O3. The first-order valence-corrected chi connectivity index (χ1v) is 8.57. The van der Waals surface area contributed by atoms with Crippen LogP contribution in [0.15, 0.2) is 18.5 Å². The van der Waals surface area contributed by atoms with Gasteiger partial charge in [0, 0.05) is 31.4 Å². The van der Waals surface area contributed by atoms with E-state index in [4.69, 9.17) is 0 Å².